The zero-order chi connectivity index (χ0) is 35.6. The Bertz CT molecular complexity index is 3030. The summed E-state index contributed by atoms with van der Waals surface area (Å²) < 4.78 is 4.68. The average Bonchev–Trinajstić information content (AvgIpc) is 3.77. The Hall–Kier alpha value is -7.37. The van der Waals surface area contributed by atoms with Gasteiger partial charge in [0.1, 0.15) is 0 Å². The van der Waals surface area contributed by atoms with Crippen LogP contribution in [0.5, 0.6) is 0 Å². The van der Waals surface area contributed by atoms with Gasteiger partial charge >= 0.3 is 0 Å². The molecule has 11 aromatic rings. The first-order valence-corrected chi connectivity index (χ1v) is 18.2. The lowest BCUT2D eigenvalue weighted by Crippen LogP contribution is -2.03. The standard InChI is InChI=1S/C49H31N5/c1-3-18-33(19-4-1)53-43-30-11-9-23-36(43)38-25-14-28-41(45(38)53)48-50-47(40-27-13-17-32-16-7-8-22-35(32)40)51-49(52-48)42-29-15-26-39-37-24-10-12-31-44(37)54(46(39)42)34-20-5-2-6-21-34/h1-31H. The van der Waals surface area contributed by atoms with E-state index < -0.39 is 0 Å². The van der Waals surface area contributed by atoms with E-state index in [9.17, 15) is 0 Å². The van der Waals surface area contributed by atoms with Crippen LogP contribution in [0.3, 0.4) is 0 Å². The summed E-state index contributed by atoms with van der Waals surface area (Å²) in [5, 5.41) is 6.88. The molecule has 0 atom stereocenters. The SMILES string of the molecule is c1ccc(-n2c3ccccc3c3cccc(-c4nc(-c5cccc6ccccc56)nc(-c5cccc6c7ccccc7n(-c7ccccc7)c56)n4)c32)cc1. The summed E-state index contributed by atoms with van der Waals surface area (Å²) in [6.45, 7) is 0. The largest absolute Gasteiger partial charge is 0.309 e. The van der Waals surface area contributed by atoms with Gasteiger partial charge in [0.25, 0.3) is 0 Å². The predicted octanol–water partition coefficient (Wildman–Crippen LogP) is 12.2. The zero-order valence-electron chi connectivity index (χ0n) is 29.1. The van der Waals surface area contributed by atoms with Crippen LogP contribution in [0.1, 0.15) is 0 Å². The zero-order valence-corrected chi connectivity index (χ0v) is 29.1. The lowest BCUT2D eigenvalue weighted by molar-refractivity contribution is 1.07. The molecule has 252 valence electrons. The average molecular weight is 690 g/mol. The van der Waals surface area contributed by atoms with Gasteiger partial charge in [-0.2, -0.15) is 0 Å². The van der Waals surface area contributed by atoms with Crippen LogP contribution in [0, 0.1) is 0 Å². The Morgan fingerprint density at radius 1 is 0.278 bits per heavy atom. The van der Waals surface area contributed by atoms with E-state index in [-0.39, 0.29) is 0 Å². The second-order valence-corrected chi connectivity index (χ2v) is 13.6. The number of nitrogens with zero attached hydrogens (tertiary/aromatic N) is 5. The van der Waals surface area contributed by atoms with Crippen molar-refractivity contribution in [2.75, 3.05) is 0 Å². The maximum absolute atomic E-state index is 5.44. The molecule has 54 heavy (non-hydrogen) atoms. The van der Waals surface area contributed by atoms with Crippen molar-refractivity contribution >= 4 is 54.4 Å². The maximum Gasteiger partial charge on any atom is 0.166 e. The molecule has 0 amide bonds. The highest BCUT2D eigenvalue weighted by atomic mass is 15.1. The molecule has 0 saturated carbocycles. The fourth-order valence-corrected chi connectivity index (χ4v) is 8.25. The molecule has 3 aromatic heterocycles. The van der Waals surface area contributed by atoms with Gasteiger partial charge in [-0.3, -0.25) is 0 Å². The minimum Gasteiger partial charge on any atom is -0.309 e. The summed E-state index contributed by atoms with van der Waals surface area (Å²) in [4.78, 5) is 16.2. The molecule has 0 N–H and O–H groups in total. The number of fused-ring (bicyclic) bond motifs is 7. The molecule has 0 spiro atoms. The Labute approximate surface area is 311 Å². The normalized spacial score (nSPS) is 11.7. The highest BCUT2D eigenvalue weighted by Crippen LogP contribution is 2.41. The number of para-hydroxylation sites is 6. The van der Waals surface area contributed by atoms with Gasteiger partial charge in [-0.25, -0.2) is 15.0 Å². The molecule has 0 aliphatic carbocycles. The summed E-state index contributed by atoms with van der Waals surface area (Å²) in [7, 11) is 0. The van der Waals surface area contributed by atoms with Gasteiger partial charge in [-0.05, 0) is 59.3 Å². The van der Waals surface area contributed by atoms with Crippen LogP contribution in [0.15, 0.2) is 188 Å². The van der Waals surface area contributed by atoms with Crippen molar-refractivity contribution in [1.29, 1.82) is 0 Å². The first-order valence-electron chi connectivity index (χ1n) is 18.2. The van der Waals surface area contributed by atoms with Crippen molar-refractivity contribution in [3.05, 3.63) is 188 Å². The summed E-state index contributed by atoms with van der Waals surface area (Å²) in [6, 6.07) is 66.0. The van der Waals surface area contributed by atoms with E-state index in [1.807, 2.05) is 0 Å². The molecule has 3 heterocycles. The van der Waals surface area contributed by atoms with Crippen LogP contribution in [0.2, 0.25) is 0 Å². The number of hydrogen-bond donors (Lipinski definition) is 0. The van der Waals surface area contributed by atoms with Gasteiger partial charge in [0.05, 0.1) is 22.1 Å². The van der Waals surface area contributed by atoms with Gasteiger partial charge in [-0.15, -0.1) is 0 Å². The van der Waals surface area contributed by atoms with E-state index in [0.29, 0.717) is 17.5 Å². The van der Waals surface area contributed by atoms with Crippen LogP contribution in [-0.4, -0.2) is 24.1 Å². The van der Waals surface area contributed by atoms with E-state index >= 15 is 0 Å². The molecule has 0 fully saturated rings. The molecule has 0 aliphatic rings. The molecule has 5 heteroatoms. The topological polar surface area (TPSA) is 48.5 Å². The molecule has 0 bridgehead atoms. The minimum atomic E-state index is 0.618. The van der Waals surface area contributed by atoms with E-state index in [1.54, 1.807) is 0 Å². The van der Waals surface area contributed by atoms with Crippen molar-refractivity contribution < 1.29 is 0 Å². The summed E-state index contributed by atoms with van der Waals surface area (Å²) in [5.41, 5.74) is 9.38. The van der Waals surface area contributed by atoms with Gasteiger partial charge < -0.3 is 9.13 Å². The maximum atomic E-state index is 5.44. The van der Waals surface area contributed by atoms with Gasteiger partial charge in [0.15, 0.2) is 17.5 Å². The summed E-state index contributed by atoms with van der Waals surface area (Å²) >= 11 is 0. The Balaban J connectivity index is 1.27. The highest BCUT2D eigenvalue weighted by molar-refractivity contribution is 6.15. The second kappa shape index (κ2) is 12.1. The van der Waals surface area contributed by atoms with Crippen LogP contribution < -0.4 is 0 Å². The molecule has 0 radical (unpaired) electrons. The Morgan fingerprint density at radius 3 is 1.19 bits per heavy atom. The van der Waals surface area contributed by atoms with Gasteiger partial charge in [0, 0.05) is 49.6 Å². The third kappa shape index (κ3) is 4.62. The Morgan fingerprint density at radius 2 is 0.648 bits per heavy atom. The molecule has 11 rings (SSSR count). The van der Waals surface area contributed by atoms with E-state index in [4.69, 9.17) is 15.0 Å². The van der Waals surface area contributed by atoms with E-state index in [1.165, 1.54) is 10.8 Å². The fourth-order valence-electron chi connectivity index (χ4n) is 8.25. The summed E-state index contributed by atoms with van der Waals surface area (Å²) in [5.74, 6) is 1.87. The molecule has 0 aliphatic heterocycles. The van der Waals surface area contributed by atoms with Crippen molar-refractivity contribution in [2.24, 2.45) is 0 Å². The van der Waals surface area contributed by atoms with Crippen LogP contribution in [0.25, 0.3) is 99.9 Å². The van der Waals surface area contributed by atoms with Crippen molar-refractivity contribution in [3.8, 4) is 45.5 Å². The first kappa shape index (κ1) is 30.3. The molecular weight excluding hydrogens is 659 g/mol. The van der Waals surface area contributed by atoms with E-state index in [0.717, 1.165) is 71.7 Å². The number of benzene rings is 8. The van der Waals surface area contributed by atoms with Gasteiger partial charge in [-0.1, -0.05) is 140 Å². The van der Waals surface area contributed by atoms with Crippen molar-refractivity contribution in [2.45, 2.75) is 0 Å². The minimum absolute atomic E-state index is 0.618. The van der Waals surface area contributed by atoms with Crippen LogP contribution >= 0.6 is 0 Å². The fraction of sp³-hybridized carbons (Fsp3) is 0. The van der Waals surface area contributed by atoms with Crippen LogP contribution in [0.4, 0.5) is 0 Å². The predicted molar refractivity (Wildman–Crippen MR) is 222 cm³/mol. The molecule has 8 aromatic carbocycles. The second-order valence-electron chi connectivity index (χ2n) is 13.6. The molecule has 0 unspecified atom stereocenters. The van der Waals surface area contributed by atoms with E-state index in [2.05, 4.69) is 197 Å². The lowest BCUT2D eigenvalue weighted by Gasteiger charge is -2.14. The first-order chi connectivity index (χ1) is 26.8. The number of aromatic nitrogens is 5. The smallest absolute Gasteiger partial charge is 0.166 e. The van der Waals surface area contributed by atoms with Gasteiger partial charge in [0.2, 0.25) is 0 Å². The molecule has 5 nitrogen and oxygen atoms in total. The molecular formula is C49H31N5. The third-order valence-corrected chi connectivity index (χ3v) is 10.6. The van der Waals surface area contributed by atoms with Crippen molar-refractivity contribution in [1.82, 2.24) is 24.1 Å². The number of hydrogen-bond acceptors (Lipinski definition) is 3. The Kier molecular flexibility index (Phi) is 6.79. The highest BCUT2D eigenvalue weighted by Gasteiger charge is 2.23. The molecule has 0 saturated heterocycles. The van der Waals surface area contributed by atoms with Crippen molar-refractivity contribution in [3.63, 3.8) is 0 Å². The lowest BCUT2D eigenvalue weighted by atomic mass is 10.0. The summed E-state index contributed by atoms with van der Waals surface area (Å²) in [6.07, 6.45) is 0. The third-order valence-electron chi connectivity index (χ3n) is 10.6. The quantitative estimate of drug-likeness (QED) is 0.181. The monoisotopic (exact) mass is 689 g/mol. The van der Waals surface area contributed by atoms with Crippen LogP contribution in [-0.2, 0) is 0 Å². The number of rotatable bonds is 5.